The first-order chi connectivity index (χ1) is 24.0. The lowest BCUT2D eigenvalue weighted by molar-refractivity contribution is 0.112. The van der Waals surface area contributed by atoms with E-state index in [0.29, 0.717) is 0 Å². The molecule has 3 aromatic heterocycles. The second kappa shape index (κ2) is 15.8. The van der Waals surface area contributed by atoms with Gasteiger partial charge in [0, 0.05) is 90.4 Å². The van der Waals surface area contributed by atoms with Gasteiger partial charge in [0.1, 0.15) is 6.29 Å². The van der Waals surface area contributed by atoms with Crippen LogP contribution in [0.1, 0.15) is 36.5 Å². The van der Waals surface area contributed by atoms with Gasteiger partial charge in [-0.15, -0.1) is 0 Å². The van der Waals surface area contributed by atoms with Crippen LogP contribution in [0.25, 0.3) is 65.4 Å². The zero-order valence-corrected chi connectivity index (χ0v) is 30.0. The molecule has 6 aromatic carbocycles. The van der Waals surface area contributed by atoms with Crippen molar-refractivity contribution in [3.05, 3.63) is 145 Å². The van der Waals surface area contributed by atoms with E-state index in [1.807, 2.05) is 37.4 Å². The van der Waals surface area contributed by atoms with Crippen LogP contribution in [0.5, 0.6) is 0 Å². The van der Waals surface area contributed by atoms with Gasteiger partial charge in [-0.05, 0) is 55.0 Å². The number of fused-ring (bicyclic) bond motifs is 9. The minimum atomic E-state index is 0.726. The highest BCUT2D eigenvalue weighted by Gasteiger charge is 2.08. The molecule has 0 aliphatic carbocycles. The highest BCUT2D eigenvalue weighted by Crippen LogP contribution is 2.29. The van der Waals surface area contributed by atoms with Crippen LogP contribution >= 0.6 is 15.9 Å². The number of carbonyl (C=O) groups is 1. The van der Waals surface area contributed by atoms with Crippen LogP contribution in [0.2, 0.25) is 0 Å². The Morgan fingerprint density at radius 1 is 0.531 bits per heavy atom. The molecule has 0 saturated heterocycles. The number of hydrogen-bond acceptors (Lipinski definition) is 1. The summed E-state index contributed by atoms with van der Waals surface area (Å²) in [4.78, 5) is 14.2. The van der Waals surface area contributed by atoms with Gasteiger partial charge in [0.15, 0.2) is 0 Å². The van der Waals surface area contributed by atoms with E-state index in [0.717, 1.165) is 22.8 Å². The maximum absolute atomic E-state index is 10.8. The van der Waals surface area contributed by atoms with E-state index in [9.17, 15) is 4.79 Å². The first-order valence-electron chi connectivity index (χ1n) is 16.9. The maximum Gasteiger partial charge on any atom is 0.150 e. The SMILES string of the molecule is CCCCCBr.Cn1c2ccccc2c2cc(C=O)ccc21.Cn1c2ccccc2c2ccccc21.c1ccc2c(c1)[nH]c1ccccc12. The molecule has 246 valence electrons. The summed E-state index contributed by atoms with van der Waals surface area (Å²) in [5, 5.41) is 8.79. The van der Waals surface area contributed by atoms with Crippen molar-refractivity contribution in [1.82, 2.24) is 14.1 Å². The quantitative estimate of drug-likeness (QED) is 0.110. The lowest BCUT2D eigenvalue weighted by Gasteiger charge is -1.96. The molecule has 0 fully saturated rings. The number of halogens is 1. The van der Waals surface area contributed by atoms with E-state index < -0.39 is 0 Å². The number of rotatable bonds is 4. The summed E-state index contributed by atoms with van der Waals surface area (Å²) in [5.74, 6) is 0. The van der Waals surface area contributed by atoms with Gasteiger partial charge < -0.3 is 14.1 Å². The molecule has 0 atom stereocenters. The molecule has 0 aliphatic heterocycles. The topological polar surface area (TPSA) is 42.7 Å². The molecule has 0 aliphatic rings. The molecular weight excluding hydrogens is 666 g/mol. The number of aromatic nitrogens is 3. The standard InChI is InChI=1S/C14H11NO.C13H11N.C12H9N.C5H11Br/c1-15-13-5-3-2-4-11(13)12-8-10(9-16)6-7-14(12)15;1-14-12-8-4-2-6-10(12)11-7-3-5-9-13(11)14;1-3-7-11-9(5-1)10-6-2-4-8-12(10)13-11;1-2-3-4-5-6/h2-9H,1H3;2-9H,1H3;1-8,13H;2-5H2,1H3. The Kier molecular flexibility index (Phi) is 10.9. The van der Waals surface area contributed by atoms with Crippen molar-refractivity contribution in [2.45, 2.75) is 26.2 Å². The average molecular weight is 709 g/mol. The van der Waals surface area contributed by atoms with Crippen LogP contribution in [-0.2, 0) is 14.1 Å². The number of nitrogens with one attached hydrogen (secondary N) is 1. The largest absolute Gasteiger partial charge is 0.355 e. The van der Waals surface area contributed by atoms with Gasteiger partial charge in [-0.25, -0.2) is 0 Å². The molecule has 0 spiro atoms. The first-order valence-corrected chi connectivity index (χ1v) is 18.0. The summed E-state index contributed by atoms with van der Waals surface area (Å²) in [7, 11) is 4.16. The number of H-pyrrole nitrogens is 1. The van der Waals surface area contributed by atoms with Crippen LogP contribution < -0.4 is 0 Å². The fourth-order valence-corrected chi connectivity index (χ4v) is 6.92. The molecule has 4 nitrogen and oxygen atoms in total. The lowest BCUT2D eigenvalue weighted by Crippen LogP contribution is -1.86. The van der Waals surface area contributed by atoms with E-state index >= 15 is 0 Å². The van der Waals surface area contributed by atoms with Gasteiger partial charge in [-0.3, -0.25) is 4.79 Å². The first kappa shape index (κ1) is 33.8. The van der Waals surface area contributed by atoms with Gasteiger partial charge in [0.2, 0.25) is 0 Å². The van der Waals surface area contributed by atoms with E-state index in [4.69, 9.17) is 0 Å². The molecule has 1 N–H and O–H groups in total. The number of benzene rings is 6. The molecule has 9 aromatic rings. The number of aldehydes is 1. The van der Waals surface area contributed by atoms with Gasteiger partial charge in [-0.2, -0.15) is 0 Å². The molecule has 0 saturated carbocycles. The number of para-hydroxylation sites is 5. The fourth-order valence-electron chi connectivity index (χ4n) is 6.52. The van der Waals surface area contributed by atoms with Crippen molar-refractivity contribution in [2.24, 2.45) is 14.1 Å². The van der Waals surface area contributed by atoms with E-state index in [1.165, 1.54) is 79.1 Å². The predicted molar refractivity (Wildman–Crippen MR) is 215 cm³/mol. The second-order valence-electron chi connectivity index (χ2n) is 12.2. The Morgan fingerprint density at radius 3 is 1.37 bits per heavy atom. The molecule has 0 unspecified atom stereocenters. The highest BCUT2D eigenvalue weighted by atomic mass is 79.9. The third-order valence-corrected chi connectivity index (χ3v) is 9.61. The number of unbranched alkanes of at least 4 members (excludes halogenated alkanes) is 2. The second-order valence-corrected chi connectivity index (χ2v) is 13.0. The van der Waals surface area contributed by atoms with E-state index in [-0.39, 0.29) is 0 Å². The smallest absolute Gasteiger partial charge is 0.150 e. The van der Waals surface area contributed by atoms with Crippen LogP contribution in [0, 0.1) is 0 Å². The zero-order chi connectivity index (χ0) is 34.2. The van der Waals surface area contributed by atoms with Crippen molar-refractivity contribution in [2.75, 3.05) is 5.33 Å². The van der Waals surface area contributed by atoms with Gasteiger partial charge in [0.05, 0.1) is 0 Å². The number of alkyl halides is 1. The van der Waals surface area contributed by atoms with Gasteiger partial charge >= 0.3 is 0 Å². The van der Waals surface area contributed by atoms with Crippen LogP contribution in [0.3, 0.4) is 0 Å². The Labute approximate surface area is 296 Å². The Morgan fingerprint density at radius 2 is 0.939 bits per heavy atom. The summed E-state index contributed by atoms with van der Waals surface area (Å²) < 4.78 is 4.39. The Hall–Kier alpha value is -5.13. The van der Waals surface area contributed by atoms with Crippen LogP contribution in [0.4, 0.5) is 0 Å². The van der Waals surface area contributed by atoms with E-state index in [1.54, 1.807) is 0 Å². The van der Waals surface area contributed by atoms with E-state index in [2.05, 4.69) is 153 Å². The van der Waals surface area contributed by atoms with Gasteiger partial charge in [-0.1, -0.05) is 127 Å². The molecular formula is C44H42BrN3O. The van der Waals surface area contributed by atoms with Gasteiger partial charge in [0.25, 0.3) is 0 Å². The molecule has 49 heavy (non-hydrogen) atoms. The molecule has 5 heteroatoms. The predicted octanol–water partition coefficient (Wildman–Crippen LogP) is 12.4. The molecule has 3 heterocycles. The normalized spacial score (nSPS) is 10.9. The van der Waals surface area contributed by atoms with Crippen molar-refractivity contribution < 1.29 is 4.79 Å². The lowest BCUT2D eigenvalue weighted by atomic mass is 10.1. The fraction of sp³-hybridized carbons (Fsp3) is 0.159. The molecule has 0 bridgehead atoms. The minimum absolute atomic E-state index is 0.726. The molecule has 0 amide bonds. The van der Waals surface area contributed by atoms with Crippen LogP contribution in [-0.4, -0.2) is 25.7 Å². The summed E-state index contributed by atoms with van der Waals surface area (Å²) in [6.07, 6.45) is 4.91. The third-order valence-electron chi connectivity index (χ3n) is 9.05. The van der Waals surface area contributed by atoms with Crippen molar-refractivity contribution >= 4 is 87.6 Å². The number of nitrogens with zero attached hydrogens (tertiary/aromatic N) is 2. The van der Waals surface area contributed by atoms with Crippen molar-refractivity contribution in [3.63, 3.8) is 0 Å². The number of hydrogen-bond donors (Lipinski definition) is 1. The van der Waals surface area contributed by atoms with Crippen molar-refractivity contribution in [1.29, 1.82) is 0 Å². The zero-order valence-electron chi connectivity index (χ0n) is 28.4. The van der Waals surface area contributed by atoms with Crippen LogP contribution in [0.15, 0.2) is 140 Å². The Balaban J connectivity index is 0.000000118. The number of aromatic amines is 1. The molecule has 9 rings (SSSR count). The minimum Gasteiger partial charge on any atom is -0.355 e. The maximum atomic E-state index is 10.8. The summed E-state index contributed by atoms with van der Waals surface area (Å²) in [6.45, 7) is 2.21. The summed E-state index contributed by atoms with van der Waals surface area (Å²) in [5.41, 5.74) is 8.10. The summed E-state index contributed by atoms with van der Waals surface area (Å²) in [6, 6.07) is 47.8. The third kappa shape index (κ3) is 7.18. The highest BCUT2D eigenvalue weighted by molar-refractivity contribution is 9.09. The average Bonchev–Trinajstić information content (AvgIpc) is 3.79. The van der Waals surface area contributed by atoms with Crippen molar-refractivity contribution in [3.8, 4) is 0 Å². The monoisotopic (exact) mass is 707 g/mol. The Bertz CT molecular complexity index is 2370. The molecule has 0 radical (unpaired) electrons. The number of carbonyl (C=O) groups excluding carboxylic acids is 1. The number of aryl methyl sites for hydroxylation is 2. The summed E-state index contributed by atoms with van der Waals surface area (Å²) >= 11 is 3.35.